The van der Waals surface area contributed by atoms with Crippen LogP contribution in [0.1, 0.15) is 74.8 Å². The maximum Gasteiger partial charge on any atom is 0.368 e. The van der Waals surface area contributed by atoms with Gasteiger partial charge in [0.2, 0.25) is 0 Å². The summed E-state index contributed by atoms with van der Waals surface area (Å²) in [6.45, 7) is -0.656. The number of rotatable bonds is 25. The minimum absolute atomic E-state index is 0.0243. The van der Waals surface area contributed by atoms with Gasteiger partial charge in [0.1, 0.15) is 45.3 Å². The number of halogens is 2. The van der Waals surface area contributed by atoms with Crippen LogP contribution in [0.3, 0.4) is 0 Å². The van der Waals surface area contributed by atoms with Crippen molar-refractivity contribution in [3.05, 3.63) is 274 Å². The first-order valence-electron chi connectivity index (χ1n) is 28.3. The maximum atomic E-state index is 14.2. The van der Waals surface area contributed by atoms with Crippen LogP contribution >= 0.6 is 15.2 Å². The molecule has 2 aliphatic heterocycles. The van der Waals surface area contributed by atoms with E-state index in [1.165, 1.54) is 68.0 Å². The van der Waals surface area contributed by atoms with Crippen molar-refractivity contribution in [1.82, 2.24) is 19.8 Å². The van der Waals surface area contributed by atoms with E-state index in [1.54, 1.807) is 24.3 Å². The molecule has 0 aliphatic carbocycles. The number of fused-ring (bicyclic) bond motifs is 4. The van der Waals surface area contributed by atoms with Gasteiger partial charge in [0, 0.05) is 30.3 Å². The van der Waals surface area contributed by atoms with Crippen LogP contribution in [0.5, 0.6) is 23.0 Å². The molecule has 0 unspecified atom stereocenters. The topological polar surface area (TPSA) is 229 Å². The molecule has 0 saturated carbocycles. The molecular weight excluding hydrogens is 1210 g/mol. The third-order valence-corrected chi connectivity index (χ3v) is 17.4. The fourth-order valence-electron chi connectivity index (χ4n) is 9.95. The standard InChI is InChI=1S/C35H30FN2O8P.C33H26FN2O7P/c1-42-22-43-33-30-29(34(39)38(35(30)40)19-24-14-16-27(36)17-15-24)32(28-13-8-18-37-31(28)33)44-23-47(41,45-20-25-9-4-2-5-10-25)46-21-26-11-6-3-7-12-26;34-25-15-13-22(14-16-25)18-36-32(38)27-28(33(36)39)31(26-12-7-17-35-29(26)30(27)37)41-21-44(40,42-19-23-8-3-1-4-9-23)43-20-24-10-5-2-6-11-24/h2-18H,19-23H2,1H3;1-17,37H,18-21H2. The highest BCUT2D eigenvalue weighted by atomic mass is 31.2. The molecular formula is C68H56F2N4O15P2. The molecule has 4 heterocycles. The number of amides is 4. The summed E-state index contributed by atoms with van der Waals surface area (Å²) in [6, 6.07) is 53.9. The molecule has 0 radical (unpaired) electrons. The van der Waals surface area contributed by atoms with Crippen molar-refractivity contribution in [1.29, 1.82) is 0 Å². The van der Waals surface area contributed by atoms with E-state index >= 15 is 0 Å². The zero-order chi connectivity index (χ0) is 63.5. The molecule has 23 heteroatoms. The Morgan fingerprint density at radius 3 is 1.13 bits per heavy atom. The summed E-state index contributed by atoms with van der Waals surface area (Å²) < 4.78 is 102. The third kappa shape index (κ3) is 14.4. The molecule has 19 nitrogen and oxygen atoms in total. The summed E-state index contributed by atoms with van der Waals surface area (Å²) in [5.41, 5.74) is 3.66. The lowest BCUT2D eigenvalue weighted by Gasteiger charge is -2.21. The van der Waals surface area contributed by atoms with Crippen LogP contribution < -0.4 is 14.2 Å². The molecule has 462 valence electrons. The van der Waals surface area contributed by atoms with Gasteiger partial charge >= 0.3 is 15.2 Å². The van der Waals surface area contributed by atoms with Crippen molar-refractivity contribution in [3.63, 3.8) is 0 Å². The average Bonchev–Trinajstić information content (AvgIpc) is 1.63. The SMILES string of the molecule is COCOc1c2c(c(OCP(=O)(OCc3ccccc3)OCc3ccccc3)c3cccnc13)C(=O)N(Cc1ccc(F)cc1)C2=O.O=C1c2c(c(O)c3ncccc3c2OCP(=O)(OCc2ccccc2)OCc2ccccc2)C(=O)N1Cc1ccc(F)cc1. The first kappa shape index (κ1) is 62.8. The number of phenolic OH excluding ortho intramolecular Hbond substituents is 1. The number of carbonyl (C=O) groups excluding carboxylic acids is 4. The van der Waals surface area contributed by atoms with Gasteiger partial charge in [0.05, 0.1) is 50.6 Å². The second kappa shape index (κ2) is 28.3. The minimum atomic E-state index is -4.00. The van der Waals surface area contributed by atoms with Crippen LogP contribution in [0.25, 0.3) is 21.8 Å². The van der Waals surface area contributed by atoms with E-state index < -0.39 is 68.9 Å². The second-order valence-corrected chi connectivity index (χ2v) is 24.6. The number of imide groups is 2. The number of carbonyl (C=O) groups is 4. The van der Waals surface area contributed by atoms with Crippen LogP contribution in [0.15, 0.2) is 207 Å². The molecule has 0 saturated heterocycles. The Kier molecular flexibility index (Phi) is 19.6. The van der Waals surface area contributed by atoms with Crippen LogP contribution in [0, 0.1) is 11.6 Å². The number of hydrogen-bond acceptors (Lipinski definition) is 17. The number of benzene rings is 8. The molecule has 0 atom stereocenters. The van der Waals surface area contributed by atoms with Crippen LogP contribution in [0.4, 0.5) is 8.78 Å². The summed E-state index contributed by atoms with van der Waals surface area (Å²) in [6.07, 6.45) is 1.74. The van der Waals surface area contributed by atoms with Gasteiger partial charge in [-0.25, -0.2) is 8.78 Å². The first-order valence-corrected chi connectivity index (χ1v) is 31.7. The molecule has 0 bridgehead atoms. The van der Waals surface area contributed by atoms with Crippen molar-refractivity contribution in [3.8, 4) is 23.0 Å². The second-order valence-electron chi connectivity index (χ2n) is 20.6. The Morgan fingerprint density at radius 2 is 0.747 bits per heavy atom. The number of nitrogens with zero attached hydrogens (tertiary/aromatic N) is 4. The van der Waals surface area contributed by atoms with Gasteiger partial charge in [-0.3, -0.25) is 48.1 Å². The normalized spacial score (nSPS) is 12.9. The van der Waals surface area contributed by atoms with Crippen LogP contribution in [-0.4, -0.2) is 75.1 Å². The lowest BCUT2D eigenvalue weighted by Crippen LogP contribution is -2.29. The maximum absolute atomic E-state index is 14.2. The Hall–Kier alpha value is -9.82. The summed E-state index contributed by atoms with van der Waals surface area (Å²) in [7, 11) is -6.57. The summed E-state index contributed by atoms with van der Waals surface area (Å²) >= 11 is 0. The molecule has 8 aromatic carbocycles. The Bertz CT molecular complexity index is 4290. The highest BCUT2D eigenvalue weighted by Crippen LogP contribution is 2.54. The highest BCUT2D eigenvalue weighted by Gasteiger charge is 2.45. The van der Waals surface area contributed by atoms with Gasteiger partial charge in [-0.2, -0.15) is 0 Å². The monoisotopic (exact) mass is 1270 g/mol. The first-order chi connectivity index (χ1) is 44.2. The fraction of sp³-hybridized carbons (Fsp3) is 0.147. The van der Waals surface area contributed by atoms with Gasteiger partial charge in [-0.1, -0.05) is 146 Å². The van der Waals surface area contributed by atoms with Crippen molar-refractivity contribution < 1.29 is 79.2 Å². The van der Waals surface area contributed by atoms with E-state index in [0.29, 0.717) is 16.5 Å². The van der Waals surface area contributed by atoms with Crippen molar-refractivity contribution >= 4 is 60.6 Å². The summed E-state index contributed by atoms with van der Waals surface area (Å²) in [4.78, 5) is 65.7. The Balaban J connectivity index is 0.000000187. The van der Waals surface area contributed by atoms with Gasteiger partial charge in [0.25, 0.3) is 23.6 Å². The lowest BCUT2D eigenvalue weighted by atomic mass is 10.0. The lowest BCUT2D eigenvalue weighted by molar-refractivity contribution is 0.0504. The molecule has 1 N–H and O–H groups in total. The van der Waals surface area contributed by atoms with Crippen molar-refractivity contribution in [2.75, 3.05) is 26.6 Å². The van der Waals surface area contributed by atoms with Crippen LogP contribution in [0.2, 0.25) is 0 Å². The number of aromatic nitrogens is 2. The fourth-order valence-corrected chi connectivity index (χ4v) is 12.4. The third-order valence-electron chi connectivity index (χ3n) is 14.4. The quantitative estimate of drug-likeness (QED) is 0.0318. The summed E-state index contributed by atoms with van der Waals surface area (Å²) in [5, 5.41) is 11.6. The number of ether oxygens (including phenoxy) is 4. The van der Waals surface area contributed by atoms with E-state index in [2.05, 4.69) is 9.97 Å². The predicted octanol–water partition coefficient (Wildman–Crippen LogP) is 14.0. The molecule has 2 aliphatic rings. The Labute approximate surface area is 520 Å². The van der Waals surface area contributed by atoms with Crippen molar-refractivity contribution in [2.45, 2.75) is 39.5 Å². The number of methoxy groups -OCH3 is 1. The van der Waals surface area contributed by atoms with E-state index in [-0.39, 0.29) is 102 Å². The molecule has 12 rings (SSSR count). The van der Waals surface area contributed by atoms with E-state index in [0.717, 1.165) is 32.1 Å². The smallest absolute Gasteiger partial charge is 0.368 e. The molecule has 0 fully saturated rings. The predicted molar refractivity (Wildman–Crippen MR) is 330 cm³/mol. The number of hydrogen-bond donors (Lipinski definition) is 1. The molecule has 0 spiro atoms. The van der Waals surface area contributed by atoms with E-state index in [9.17, 15) is 42.2 Å². The van der Waals surface area contributed by atoms with Crippen molar-refractivity contribution in [2.24, 2.45) is 0 Å². The zero-order valence-corrected chi connectivity index (χ0v) is 50.4. The molecule has 4 amide bonds. The molecule has 10 aromatic rings. The molecule has 91 heavy (non-hydrogen) atoms. The highest BCUT2D eigenvalue weighted by molar-refractivity contribution is 7.53. The largest absolute Gasteiger partial charge is 0.505 e. The van der Waals surface area contributed by atoms with Gasteiger partial charge < -0.3 is 42.1 Å². The average molecular weight is 1270 g/mol. The number of phenols is 1. The molecule has 2 aromatic heterocycles. The van der Waals surface area contributed by atoms with Gasteiger partial charge in [-0.05, 0) is 81.9 Å². The van der Waals surface area contributed by atoms with E-state index in [1.807, 2.05) is 121 Å². The zero-order valence-electron chi connectivity index (χ0n) is 48.6. The number of pyridine rings is 2. The van der Waals surface area contributed by atoms with E-state index in [4.69, 9.17) is 37.0 Å². The van der Waals surface area contributed by atoms with Crippen LogP contribution in [-0.2, 0) is 71.5 Å². The van der Waals surface area contributed by atoms with Gasteiger partial charge in [-0.15, -0.1) is 0 Å². The Morgan fingerprint density at radius 1 is 0.407 bits per heavy atom. The minimum Gasteiger partial charge on any atom is -0.505 e. The number of aromatic hydroxyl groups is 1. The summed E-state index contributed by atoms with van der Waals surface area (Å²) in [5.74, 6) is -4.33. The van der Waals surface area contributed by atoms with Gasteiger partial charge in [0.15, 0.2) is 31.0 Å².